The first-order valence-corrected chi connectivity index (χ1v) is 17.4. The number of benzene rings is 3. The summed E-state index contributed by atoms with van der Waals surface area (Å²) in [6.45, 7) is 12.9. The molecule has 4 rings (SSSR count). The normalized spacial score (nSPS) is 21.9. The van der Waals surface area contributed by atoms with Crippen LogP contribution in [-0.2, 0) is 24.5 Å². The van der Waals surface area contributed by atoms with Crippen molar-refractivity contribution in [2.45, 2.75) is 97.3 Å². The molecule has 0 spiro atoms. The van der Waals surface area contributed by atoms with Crippen LogP contribution >= 0.6 is 23.2 Å². The average molecular weight is 736 g/mol. The van der Waals surface area contributed by atoms with E-state index in [2.05, 4.69) is 31.4 Å². The Bertz CT molecular complexity index is 1700. The van der Waals surface area contributed by atoms with Gasteiger partial charge in [-0.2, -0.15) is 0 Å². The van der Waals surface area contributed by atoms with Crippen molar-refractivity contribution in [1.29, 1.82) is 0 Å². The van der Waals surface area contributed by atoms with E-state index < -0.39 is 59.5 Å². The number of carbonyl (C=O) groups is 2. The quantitative estimate of drug-likeness (QED) is 0.126. The van der Waals surface area contributed by atoms with Crippen LogP contribution in [0.1, 0.15) is 90.2 Å². The third-order valence-electron chi connectivity index (χ3n) is 9.17. The van der Waals surface area contributed by atoms with Gasteiger partial charge in [-0.1, -0.05) is 89.0 Å². The highest BCUT2D eigenvalue weighted by molar-refractivity contribution is 6.31. The molecule has 3 aromatic carbocycles. The van der Waals surface area contributed by atoms with Crippen LogP contribution in [0.3, 0.4) is 0 Å². The highest BCUT2D eigenvalue weighted by Crippen LogP contribution is 2.55. The molecule has 6 unspecified atom stereocenters. The Kier molecular flexibility index (Phi) is 12.6. The number of halogens is 4. The first-order chi connectivity index (χ1) is 23.4. The van der Waals surface area contributed by atoms with Crippen molar-refractivity contribution in [1.82, 2.24) is 5.32 Å². The predicted molar refractivity (Wildman–Crippen MR) is 190 cm³/mol. The van der Waals surface area contributed by atoms with E-state index in [1.165, 1.54) is 44.4 Å². The molecule has 50 heavy (non-hydrogen) atoms. The summed E-state index contributed by atoms with van der Waals surface area (Å²) in [5, 5.41) is 17.2. The number of nitrogens with one attached hydrogen (secondary N) is 2. The number of hydrogen-bond acceptors (Lipinski definition) is 7. The van der Waals surface area contributed by atoms with Gasteiger partial charge >= 0.3 is 5.97 Å². The summed E-state index contributed by atoms with van der Waals surface area (Å²) in [6, 6.07) is 12.1. The molecule has 272 valence electrons. The third-order valence-corrected chi connectivity index (χ3v) is 9.69. The minimum Gasteiger partial charge on any atom is -0.495 e. The maximum atomic E-state index is 16.1. The van der Waals surface area contributed by atoms with E-state index in [-0.39, 0.29) is 43.9 Å². The Morgan fingerprint density at radius 3 is 2.36 bits per heavy atom. The van der Waals surface area contributed by atoms with Crippen LogP contribution in [0.25, 0.3) is 0 Å². The number of amides is 1. The maximum Gasteiger partial charge on any atom is 0.310 e. The molecule has 0 bridgehead atoms. The first-order valence-electron chi connectivity index (χ1n) is 16.6. The first kappa shape index (κ1) is 39.5. The number of methoxy groups -OCH3 is 1. The Balaban J connectivity index is 1.77. The minimum absolute atomic E-state index is 0.117. The Morgan fingerprint density at radius 1 is 1.06 bits per heavy atom. The molecule has 0 radical (unpaired) electrons. The molecular weight excluding hydrogens is 689 g/mol. The van der Waals surface area contributed by atoms with E-state index in [9.17, 15) is 14.7 Å². The Hall–Kier alpha value is -3.28. The second-order valence-electron chi connectivity index (χ2n) is 14.2. The van der Waals surface area contributed by atoms with Gasteiger partial charge in [0.25, 0.3) is 0 Å². The molecule has 12 heteroatoms. The van der Waals surface area contributed by atoms with Crippen LogP contribution in [0.15, 0.2) is 54.6 Å². The van der Waals surface area contributed by atoms with Crippen molar-refractivity contribution >= 4 is 40.8 Å². The number of esters is 1. The summed E-state index contributed by atoms with van der Waals surface area (Å²) in [4.78, 5) is 26.4. The molecule has 1 aliphatic heterocycles. The van der Waals surface area contributed by atoms with Crippen molar-refractivity contribution < 1.29 is 37.7 Å². The maximum absolute atomic E-state index is 16.1. The van der Waals surface area contributed by atoms with E-state index >= 15 is 8.78 Å². The number of hydrogen-bond donors (Lipinski definition) is 3. The van der Waals surface area contributed by atoms with Crippen molar-refractivity contribution in [3.05, 3.63) is 93.0 Å². The molecule has 6 atom stereocenters. The number of aliphatic hydroxyl groups is 1. The summed E-state index contributed by atoms with van der Waals surface area (Å²) in [5.41, 5.74) is -0.350. The molecule has 0 saturated carbocycles. The molecular formula is C38H46Cl2F2N2O6. The van der Waals surface area contributed by atoms with E-state index in [1.807, 2.05) is 6.92 Å². The fourth-order valence-corrected chi connectivity index (χ4v) is 7.26. The number of carbonyl (C=O) groups excluding carboxylic acids is 2. The summed E-state index contributed by atoms with van der Waals surface area (Å²) < 4.78 is 48.4. The predicted octanol–water partition coefficient (Wildman–Crippen LogP) is 8.68. The van der Waals surface area contributed by atoms with E-state index in [4.69, 9.17) is 37.4 Å². The minimum atomic E-state index is -1.48. The summed E-state index contributed by atoms with van der Waals surface area (Å²) >= 11 is 12.5. The van der Waals surface area contributed by atoms with Gasteiger partial charge in [0.2, 0.25) is 12.2 Å². The second kappa shape index (κ2) is 15.9. The van der Waals surface area contributed by atoms with Crippen molar-refractivity contribution in [2.75, 3.05) is 12.4 Å². The molecule has 8 nitrogen and oxygen atoms in total. The van der Waals surface area contributed by atoms with Gasteiger partial charge < -0.3 is 30.0 Å². The lowest BCUT2D eigenvalue weighted by molar-refractivity contribution is -0.225. The van der Waals surface area contributed by atoms with Gasteiger partial charge in [-0.05, 0) is 66.6 Å². The highest BCUT2D eigenvalue weighted by Gasteiger charge is 2.59. The Labute approximate surface area is 302 Å². The largest absolute Gasteiger partial charge is 0.495 e. The molecule has 1 saturated heterocycles. The van der Waals surface area contributed by atoms with Crippen LogP contribution in [0, 0.1) is 23.0 Å². The van der Waals surface area contributed by atoms with Gasteiger partial charge in [-0.25, -0.2) is 8.78 Å². The Morgan fingerprint density at radius 2 is 1.76 bits per heavy atom. The summed E-state index contributed by atoms with van der Waals surface area (Å²) in [5.74, 6) is -3.33. The van der Waals surface area contributed by atoms with Gasteiger partial charge in [0.05, 0.1) is 29.8 Å². The topological polar surface area (TPSA) is 106 Å². The van der Waals surface area contributed by atoms with Gasteiger partial charge in [0.15, 0.2) is 6.29 Å². The van der Waals surface area contributed by atoms with Crippen LogP contribution < -0.4 is 15.4 Å². The molecule has 1 heterocycles. The SMILES string of the molecule is CCC1(c2ccc(Cl)cc2F)C(CC(C)(C)C)NC(C(=O)Nc2ccc(C(O)OC(C)OC(=O)C(C)C)cc2OC)C1c1cccc(Cl)c1F. The van der Waals surface area contributed by atoms with Gasteiger partial charge in [0, 0.05) is 28.0 Å². The summed E-state index contributed by atoms with van der Waals surface area (Å²) in [7, 11) is 1.40. The highest BCUT2D eigenvalue weighted by atomic mass is 35.5. The fraction of sp³-hybridized carbons (Fsp3) is 0.474. The molecule has 0 aliphatic carbocycles. The molecule has 1 amide bonds. The third kappa shape index (κ3) is 8.43. The molecule has 3 N–H and O–H groups in total. The lowest BCUT2D eigenvalue weighted by Gasteiger charge is -2.42. The molecule has 1 fully saturated rings. The van der Waals surface area contributed by atoms with Crippen molar-refractivity contribution in [2.24, 2.45) is 11.3 Å². The van der Waals surface area contributed by atoms with Crippen molar-refractivity contribution in [3.63, 3.8) is 0 Å². The number of aliphatic hydroxyl groups excluding tert-OH is 1. The van der Waals surface area contributed by atoms with Crippen molar-refractivity contribution in [3.8, 4) is 5.75 Å². The molecule has 0 aromatic heterocycles. The van der Waals surface area contributed by atoms with Gasteiger partial charge in [0.1, 0.15) is 17.4 Å². The number of anilines is 1. The molecule has 3 aromatic rings. The zero-order chi connectivity index (χ0) is 37.1. The van der Waals surface area contributed by atoms with Gasteiger partial charge in [-0.3, -0.25) is 9.59 Å². The zero-order valence-corrected chi connectivity index (χ0v) is 31.1. The van der Waals surface area contributed by atoms with Crippen LogP contribution in [0.4, 0.5) is 14.5 Å². The van der Waals surface area contributed by atoms with Crippen LogP contribution in [-0.4, -0.2) is 42.5 Å². The van der Waals surface area contributed by atoms with E-state index in [1.54, 1.807) is 38.1 Å². The van der Waals surface area contributed by atoms with Gasteiger partial charge in [-0.15, -0.1) is 0 Å². The standard InChI is InChI=1S/C38H46Cl2F2N2O6/c1-9-38(25-15-14-23(39)18-27(25)41)30(19-37(5,6)7)44-33(31(38)24-11-10-12-26(40)32(24)42)34(45)43-28-16-13-22(17-29(28)48-8)36(47)50-21(4)49-35(46)20(2)3/h10-18,20-21,30-31,33,36,44,47H,9,19H2,1-8H3,(H,43,45). The second-order valence-corrected chi connectivity index (χ2v) is 15.0. The zero-order valence-electron chi connectivity index (χ0n) is 29.6. The lowest BCUT2D eigenvalue weighted by Crippen LogP contribution is -2.45. The lowest BCUT2D eigenvalue weighted by atomic mass is 9.60. The number of rotatable bonds is 12. The fourth-order valence-electron chi connectivity index (χ4n) is 6.92. The van der Waals surface area contributed by atoms with Crippen LogP contribution in [0.5, 0.6) is 5.75 Å². The van der Waals surface area contributed by atoms with E-state index in [0.717, 1.165) is 0 Å². The van der Waals surface area contributed by atoms with Crippen LogP contribution in [0.2, 0.25) is 10.0 Å². The summed E-state index contributed by atoms with van der Waals surface area (Å²) in [6.07, 6.45) is -1.65. The number of ether oxygens (including phenoxy) is 3. The smallest absolute Gasteiger partial charge is 0.310 e. The average Bonchev–Trinajstić information content (AvgIpc) is 3.35. The monoisotopic (exact) mass is 734 g/mol. The van der Waals surface area contributed by atoms with E-state index in [0.29, 0.717) is 18.4 Å². The molecule has 1 aliphatic rings.